The lowest BCUT2D eigenvalue weighted by atomic mass is 10.0. The topological polar surface area (TPSA) is 34.2 Å². The fraction of sp³-hybridized carbons (Fsp3) is 0. The SMILES string of the molecule is c1ccc(-c2nc3cccc4c3n2-c2ccccc2N4c2cccc(-c3ccc4oc5ccccc5c4c3)c2)cc1. The molecule has 8 aromatic rings. The van der Waals surface area contributed by atoms with Crippen molar-refractivity contribution in [3.8, 4) is 28.2 Å². The first-order chi connectivity index (χ1) is 20.3. The van der Waals surface area contributed by atoms with E-state index in [9.17, 15) is 0 Å². The number of hydrogen-bond donors (Lipinski definition) is 0. The van der Waals surface area contributed by atoms with Crippen LogP contribution >= 0.6 is 0 Å². The Morgan fingerprint density at radius 1 is 0.488 bits per heavy atom. The number of furan rings is 1. The number of hydrogen-bond acceptors (Lipinski definition) is 3. The highest BCUT2D eigenvalue weighted by molar-refractivity contribution is 6.07. The zero-order chi connectivity index (χ0) is 26.9. The van der Waals surface area contributed by atoms with E-state index in [1.165, 1.54) is 0 Å². The molecule has 2 aromatic heterocycles. The number of fused-ring (bicyclic) bond motifs is 5. The summed E-state index contributed by atoms with van der Waals surface area (Å²) in [6.45, 7) is 0. The molecule has 0 saturated carbocycles. The van der Waals surface area contributed by atoms with Crippen LogP contribution in [0.3, 0.4) is 0 Å². The first kappa shape index (κ1) is 22.2. The molecule has 41 heavy (non-hydrogen) atoms. The number of imidazole rings is 1. The number of benzene rings is 6. The van der Waals surface area contributed by atoms with Crippen LogP contribution in [-0.2, 0) is 0 Å². The van der Waals surface area contributed by atoms with Crippen molar-refractivity contribution in [1.29, 1.82) is 0 Å². The van der Waals surface area contributed by atoms with E-state index in [1.54, 1.807) is 0 Å². The number of aromatic nitrogens is 2. The van der Waals surface area contributed by atoms with Gasteiger partial charge in [-0.3, -0.25) is 4.57 Å². The molecule has 1 aliphatic heterocycles. The Balaban J connectivity index is 1.25. The predicted molar refractivity (Wildman–Crippen MR) is 167 cm³/mol. The maximum absolute atomic E-state index is 6.08. The van der Waals surface area contributed by atoms with Crippen LogP contribution in [0.4, 0.5) is 17.1 Å². The minimum Gasteiger partial charge on any atom is -0.456 e. The van der Waals surface area contributed by atoms with E-state index in [0.717, 1.165) is 78.2 Å². The van der Waals surface area contributed by atoms with Gasteiger partial charge in [-0.05, 0) is 65.7 Å². The molecule has 0 N–H and O–H groups in total. The summed E-state index contributed by atoms with van der Waals surface area (Å²) in [4.78, 5) is 7.49. The highest BCUT2D eigenvalue weighted by Crippen LogP contribution is 2.48. The molecule has 3 heterocycles. The molecule has 6 aromatic carbocycles. The van der Waals surface area contributed by atoms with Crippen LogP contribution in [0, 0.1) is 0 Å². The molecular formula is C37H23N3O. The molecule has 0 amide bonds. The van der Waals surface area contributed by atoms with E-state index in [4.69, 9.17) is 9.40 Å². The minimum absolute atomic E-state index is 0.908. The van der Waals surface area contributed by atoms with Gasteiger partial charge in [0.1, 0.15) is 17.0 Å². The molecule has 0 radical (unpaired) electrons. The summed E-state index contributed by atoms with van der Waals surface area (Å²) in [6.07, 6.45) is 0. The van der Waals surface area contributed by atoms with E-state index in [1.807, 2.05) is 18.2 Å². The van der Waals surface area contributed by atoms with Crippen molar-refractivity contribution in [1.82, 2.24) is 9.55 Å². The van der Waals surface area contributed by atoms with Gasteiger partial charge in [0.05, 0.1) is 28.1 Å². The Kier molecular flexibility index (Phi) is 4.58. The average Bonchev–Trinajstić information content (AvgIpc) is 3.61. The molecule has 9 rings (SSSR count). The lowest BCUT2D eigenvalue weighted by Crippen LogP contribution is -2.18. The zero-order valence-corrected chi connectivity index (χ0v) is 22.0. The third-order valence-electron chi connectivity index (χ3n) is 8.11. The molecule has 0 fully saturated rings. The average molecular weight is 526 g/mol. The summed E-state index contributed by atoms with van der Waals surface area (Å²) in [6, 6.07) is 48.9. The van der Waals surface area contributed by atoms with Gasteiger partial charge in [-0.25, -0.2) is 4.98 Å². The third-order valence-corrected chi connectivity index (χ3v) is 8.11. The normalized spacial score (nSPS) is 12.3. The van der Waals surface area contributed by atoms with Crippen molar-refractivity contribution in [3.63, 3.8) is 0 Å². The maximum Gasteiger partial charge on any atom is 0.145 e. The zero-order valence-electron chi connectivity index (χ0n) is 22.0. The lowest BCUT2D eigenvalue weighted by molar-refractivity contribution is 0.669. The van der Waals surface area contributed by atoms with Crippen LogP contribution in [0.15, 0.2) is 144 Å². The summed E-state index contributed by atoms with van der Waals surface area (Å²) in [5, 5.41) is 2.27. The Morgan fingerprint density at radius 3 is 2.12 bits per heavy atom. The molecule has 0 aliphatic carbocycles. The minimum atomic E-state index is 0.908. The largest absolute Gasteiger partial charge is 0.456 e. The Morgan fingerprint density at radius 2 is 1.20 bits per heavy atom. The van der Waals surface area contributed by atoms with Crippen LogP contribution in [0.1, 0.15) is 0 Å². The van der Waals surface area contributed by atoms with Gasteiger partial charge >= 0.3 is 0 Å². The first-order valence-corrected chi connectivity index (χ1v) is 13.8. The van der Waals surface area contributed by atoms with Crippen molar-refractivity contribution < 1.29 is 4.42 Å². The summed E-state index contributed by atoms with van der Waals surface area (Å²) in [7, 11) is 0. The second-order valence-corrected chi connectivity index (χ2v) is 10.5. The Hall–Kier alpha value is -5.61. The molecule has 4 nitrogen and oxygen atoms in total. The smallest absolute Gasteiger partial charge is 0.145 e. The van der Waals surface area contributed by atoms with Crippen LogP contribution in [-0.4, -0.2) is 9.55 Å². The standard InChI is InChI=1S/C37H23N3O/c1-2-10-24(11-3-1)37-38-30-15-9-18-33-36(30)40(37)32-17-6-5-16-31(32)39(33)27-13-8-12-25(22-27)26-20-21-35-29(23-26)28-14-4-7-19-34(28)41-35/h1-23H. The molecule has 0 unspecified atom stereocenters. The fourth-order valence-corrected chi connectivity index (χ4v) is 6.29. The second-order valence-electron chi connectivity index (χ2n) is 10.5. The van der Waals surface area contributed by atoms with Crippen molar-refractivity contribution in [2.24, 2.45) is 0 Å². The lowest BCUT2D eigenvalue weighted by Gasteiger charge is -2.33. The van der Waals surface area contributed by atoms with Gasteiger partial charge in [0.25, 0.3) is 0 Å². The molecule has 192 valence electrons. The van der Waals surface area contributed by atoms with Crippen molar-refractivity contribution in [2.45, 2.75) is 0 Å². The van der Waals surface area contributed by atoms with Crippen molar-refractivity contribution >= 4 is 50.0 Å². The molecule has 4 heteroatoms. The maximum atomic E-state index is 6.08. The summed E-state index contributed by atoms with van der Waals surface area (Å²) in [5.41, 5.74) is 11.8. The molecule has 0 spiro atoms. The van der Waals surface area contributed by atoms with Gasteiger partial charge in [-0.2, -0.15) is 0 Å². The summed E-state index contributed by atoms with van der Waals surface area (Å²) in [5.74, 6) is 0.953. The van der Waals surface area contributed by atoms with E-state index >= 15 is 0 Å². The Labute approximate surface area is 236 Å². The van der Waals surface area contributed by atoms with Gasteiger partial charge in [-0.15, -0.1) is 0 Å². The fourth-order valence-electron chi connectivity index (χ4n) is 6.29. The number of rotatable bonds is 3. The van der Waals surface area contributed by atoms with Gasteiger partial charge in [0.15, 0.2) is 0 Å². The first-order valence-electron chi connectivity index (χ1n) is 13.8. The highest BCUT2D eigenvalue weighted by atomic mass is 16.3. The van der Waals surface area contributed by atoms with Crippen molar-refractivity contribution in [3.05, 3.63) is 140 Å². The van der Waals surface area contributed by atoms with E-state index in [0.29, 0.717) is 0 Å². The molecule has 0 atom stereocenters. The van der Waals surface area contributed by atoms with E-state index in [2.05, 4.69) is 131 Å². The predicted octanol–water partition coefficient (Wildman–Crippen LogP) is 10.0. The third kappa shape index (κ3) is 3.25. The van der Waals surface area contributed by atoms with Crippen LogP contribution in [0.2, 0.25) is 0 Å². The van der Waals surface area contributed by atoms with Gasteiger partial charge in [0.2, 0.25) is 0 Å². The molecule has 1 aliphatic rings. The van der Waals surface area contributed by atoms with E-state index < -0.39 is 0 Å². The van der Waals surface area contributed by atoms with E-state index in [-0.39, 0.29) is 0 Å². The van der Waals surface area contributed by atoms with Crippen molar-refractivity contribution in [2.75, 3.05) is 4.90 Å². The van der Waals surface area contributed by atoms with Gasteiger partial charge < -0.3 is 9.32 Å². The van der Waals surface area contributed by atoms with Crippen LogP contribution < -0.4 is 4.90 Å². The second kappa shape index (κ2) is 8.44. The Bertz CT molecular complexity index is 2280. The highest BCUT2D eigenvalue weighted by Gasteiger charge is 2.29. The molecular weight excluding hydrogens is 502 g/mol. The molecule has 0 bridgehead atoms. The quantitative estimate of drug-likeness (QED) is 0.230. The van der Waals surface area contributed by atoms with Crippen LogP contribution in [0.5, 0.6) is 0 Å². The van der Waals surface area contributed by atoms with Gasteiger partial charge in [-0.1, -0.05) is 84.9 Å². The van der Waals surface area contributed by atoms with Gasteiger partial charge in [0, 0.05) is 22.0 Å². The summed E-state index contributed by atoms with van der Waals surface area (Å²) < 4.78 is 8.40. The monoisotopic (exact) mass is 525 g/mol. The van der Waals surface area contributed by atoms with Crippen LogP contribution in [0.25, 0.3) is 61.2 Å². The molecule has 0 saturated heterocycles. The number of para-hydroxylation sites is 4. The number of anilines is 3. The summed E-state index contributed by atoms with van der Waals surface area (Å²) >= 11 is 0. The number of nitrogens with zero attached hydrogens (tertiary/aromatic N) is 3.